The van der Waals surface area contributed by atoms with Gasteiger partial charge in [0, 0.05) is 11.1 Å². The predicted molar refractivity (Wildman–Crippen MR) is 74.7 cm³/mol. The first-order valence-electron chi connectivity index (χ1n) is 5.78. The molecule has 0 fully saturated rings. The van der Waals surface area contributed by atoms with Crippen molar-refractivity contribution < 1.29 is 9.13 Å². The van der Waals surface area contributed by atoms with E-state index in [-0.39, 0.29) is 16.9 Å². The molecule has 19 heavy (non-hydrogen) atoms. The van der Waals surface area contributed by atoms with Crippen LogP contribution in [0.2, 0.25) is 10.0 Å². The quantitative estimate of drug-likeness (QED) is 0.825. The Balaban J connectivity index is 1.94. The first kappa shape index (κ1) is 12.6. The van der Waals surface area contributed by atoms with Crippen molar-refractivity contribution in [1.29, 1.82) is 0 Å². The van der Waals surface area contributed by atoms with Gasteiger partial charge >= 0.3 is 0 Å². The molecule has 2 aromatic rings. The predicted octanol–water partition coefficient (Wildman–Crippen LogP) is 4.68. The van der Waals surface area contributed by atoms with Gasteiger partial charge in [-0.25, -0.2) is 4.39 Å². The zero-order valence-corrected chi connectivity index (χ0v) is 11.3. The molecule has 98 valence electrons. The Hall–Kier alpha value is -1.45. The maximum absolute atomic E-state index is 13.2. The van der Waals surface area contributed by atoms with Gasteiger partial charge in [0.15, 0.2) is 5.75 Å². The van der Waals surface area contributed by atoms with Crippen LogP contribution in [0.15, 0.2) is 36.4 Å². The topological polar surface area (TPSA) is 21.3 Å². The molecule has 0 aliphatic carbocycles. The van der Waals surface area contributed by atoms with E-state index >= 15 is 0 Å². The molecule has 1 aliphatic heterocycles. The standard InChI is InChI=1S/C14H10Cl2FNO/c15-9-3-1-2-8(4-9)13-7-18-12-6-10(17)5-11(16)14(12)19-13/h1-6,13,18H,7H2. The van der Waals surface area contributed by atoms with Gasteiger partial charge in [0.2, 0.25) is 0 Å². The summed E-state index contributed by atoms with van der Waals surface area (Å²) in [5, 5.41) is 4.03. The van der Waals surface area contributed by atoms with Crippen molar-refractivity contribution in [3.05, 3.63) is 57.8 Å². The smallest absolute Gasteiger partial charge is 0.162 e. The van der Waals surface area contributed by atoms with Gasteiger partial charge in [-0.1, -0.05) is 35.3 Å². The molecule has 0 amide bonds. The van der Waals surface area contributed by atoms with Crippen LogP contribution in [0.3, 0.4) is 0 Å². The molecule has 5 heteroatoms. The number of rotatable bonds is 1. The summed E-state index contributed by atoms with van der Waals surface area (Å²) in [7, 11) is 0. The second-order valence-electron chi connectivity index (χ2n) is 4.31. The lowest BCUT2D eigenvalue weighted by Gasteiger charge is -2.28. The van der Waals surface area contributed by atoms with E-state index in [9.17, 15) is 4.39 Å². The molecule has 0 spiro atoms. The monoisotopic (exact) mass is 297 g/mol. The number of halogens is 3. The number of benzene rings is 2. The summed E-state index contributed by atoms with van der Waals surface area (Å²) in [6.45, 7) is 0.535. The molecule has 0 saturated carbocycles. The zero-order valence-electron chi connectivity index (χ0n) is 9.79. The molecular weight excluding hydrogens is 288 g/mol. The molecule has 0 bridgehead atoms. The van der Waals surface area contributed by atoms with Gasteiger partial charge in [0.25, 0.3) is 0 Å². The van der Waals surface area contributed by atoms with Gasteiger partial charge in [-0.2, -0.15) is 0 Å². The van der Waals surface area contributed by atoms with Crippen molar-refractivity contribution in [2.45, 2.75) is 6.10 Å². The van der Waals surface area contributed by atoms with Gasteiger partial charge in [0.05, 0.1) is 17.3 Å². The molecule has 2 aromatic carbocycles. The fourth-order valence-corrected chi connectivity index (χ4v) is 2.54. The van der Waals surface area contributed by atoms with Gasteiger partial charge in [0.1, 0.15) is 11.9 Å². The normalized spacial score (nSPS) is 17.3. The third kappa shape index (κ3) is 2.48. The number of nitrogens with one attached hydrogen (secondary N) is 1. The Kier molecular flexibility index (Phi) is 3.25. The van der Waals surface area contributed by atoms with E-state index in [0.29, 0.717) is 23.0 Å². The SMILES string of the molecule is Fc1cc(Cl)c2c(c1)NCC(c1cccc(Cl)c1)O2. The van der Waals surface area contributed by atoms with Crippen molar-refractivity contribution in [3.63, 3.8) is 0 Å². The van der Waals surface area contributed by atoms with Gasteiger partial charge < -0.3 is 10.1 Å². The second kappa shape index (κ2) is 4.91. The van der Waals surface area contributed by atoms with Crippen LogP contribution in [0.1, 0.15) is 11.7 Å². The van der Waals surface area contributed by atoms with E-state index in [1.54, 1.807) is 6.07 Å². The van der Waals surface area contributed by atoms with Crippen LogP contribution in [0.5, 0.6) is 5.75 Å². The number of hydrogen-bond donors (Lipinski definition) is 1. The number of fused-ring (bicyclic) bond motifs is 1. The molecule has 1 N–H and O–H groups in total. The summed E-state index contributed by atoms with van der Waals surface area (Å²) in [4.78, 5) is 0. The first-order valence-corrected chi connectivity index (χ1v) is 6.54. The van der Waals surface area contributed by atoms with Crippen molar-refractivity contribution in [1.82, 2.24) is 0 Å². The summed E-state index contributed by atoms with van der Waals surface area (Å²) >= 11 is 12.0. The average Bonchev–Trinajstić information content (AvgIpc) is 2.38. The van der Waals surface area contributed by atoms with Gasteiger partial charge in [-0.15, -0.1) is 0 Å². The average molecular weight is 298 g/mol. The third-order valence-electron chi connectivity index (χ3n) is 2.97. The first-order chi connectivity index (χ1) is 9.13. The summed E-state index contributed by atoms with van der Waals surface area (Å²) < 4.78 is 19.1. The molecule has 0 saturated heterocycles. The van der Waals surface area contributed by atoms with Crippen LogP contribution in [-0.4, -0.2) is 6.54 Å². The molecule has 1 atom stereocenters. The number of anilines is 1. The highest BCUT2D eigenvalue weighted by molar-refractivity contribution is 6.32. The van der Waals surface area contributed by atoms with Crippen LogP contribution in [0.25, 0.3) is 0 Å². The van der Waals surface area contributed by atoms with E-state index in [4.69, 9.17) is 27.9 Å². The minimum Gasteiger partial charge on any atom is -0.480 e. The molecule has 1 aliphatic rings. The highest BCUT2D eigenvalue weighted by Crippen LogP contribution is 2.40. The Morgan fingerprint density at radius 3 is 2.84 bits per heavy atom. The van der Waals surface area contributed by atoms with E-state index in [1.807, 2.05) is 18.2 Å². The minimum atomic E-state index is -0.388. The van der Waals surface area contributed by atoms with Crippen molar-refractivity contribution >= 4 is 28.9 Å². The van der Waals surface area contributed by atoms with E-state index in [2.05, 4.69) is 5.32 Å². The summed E-state index contributed by atoms with van der Waals surface area (Å²) in [6.07, 6.45) is -0.200. The van der Waals surface area contributed by atoms with Gasteiger partial charge in [-0.3, -0.25) is 0 Å². The Bertz CT molecular complexity index is 633. The number of hydrogen-bond acceptors (Lipinski definition) is 2. The zero-order chi connectivity index (χ0) is 13.4. The molecule has 3 rings (SSSR count). The lowest BCUT2D eigenvalue weighted by Crippen LogP contribution is -2.23. The molecule has 1 unspecified atom stereocenters. The van der Waals surface area contributed by atoms with E-state index in [0.717, 1.165) is 5.56 Å². The molecule has 2 nitrogen and oxygen atoms in total. The Labute approximate surface area is 120 Å². The third-order valence-corrected chi connectivity index (χ3v) is 3.48. The maximum Gasteiger partial charge on any atom is 0.162 e. The van der Waals surface area contributed by atoms with Crippen LogP contribution < -0.4 is 10.1 Å². The van der Waals surface area contributed by atoms with Gasteiger partial charge in [-0.05, 0) is 23.8 Å². The summed E-state index contributed by atoms with van der Waals surface area (Å²) in [5.41, 5.74) is 1.52. The lowest BCUT2D eigenvalue weighted by atomic mass is 10.1. The number of ether oxygens (including phenoxy) is 1. The largest absolute Gasteiger partial charge is 0.480 e. The lowest BCUT2D eigenvalue weighted by molar-refractivity contribution is 0.210. The fourth-order valence-electron chi connectivity index (χ4n) is 2.09. The molecule has 0 aromatic heterocycles. The van der Waals surface area contributed by atoms with E-state index in [1.165, 1.54) is 12.1 Å². The van der Waals surface area contributed by atoms with Crippen molar-refractivity contribution in [3.8, 4) is 5.75 Å². The van der Waals surface area contributed by atoms with Crippen LogP contribution in [-0.2, 0) is 0 Å². The maximum atomic E-state index is 13.2. The summed E-state index contributed by atoms with van der Waals surface area (Å²) in [6, 6.07) is 10.1. The summed E-state index contributed by atoms with van der Waals surface area (Å²) in [5.74, 6) is 0.0837. The molecule has 1 heterocycles. The highest BCUT2D eigenvalue weighted by Gasteiger charge is 2.23. The Morgan fingerprint density at radius 1 is 1.21 bits per heavy atom. The molecular formula is C14H10Cl2FNO. The fraction of sp³-hybridized carbons (Fsp3) is 0.143. The molecule has 0 radical (unpaired) electrons. The van der Waals surface area contributed by atoms with Crippen molar-refractivity contribution in [2.75, 3.05) is 11.9 Å². The van der Waals surface area contributed by atoms with E-state index < -0.39 is 0 Å². The Morgan fingerprint density at radius 2 is 2.05 bits per heavy atom. The second-order valence-corrected chi connectivity index (χ2v) is 5.15. The highest BCUT2D eigenvalue weighted by atomic mass is 35.5. The van der Waals surface area contributed by atoms with Crippen molar-refractivity contribution in [2.24, 2.45) is 0 Å². The van der Waals surface area contributed by atoms with Crippen LogP contribution in [0, 0.1) is 5.82 Å². The van der Waals surface area contributed by atoms with Crippen LogP contribution in [0.4, 0.5) is 10.1 Å². The minimum absolute atomic E-state index is 0.200. The van der Waals surface area contributed by atoms with Crippen LogP contribution >= 0.6 is 23.2 Å².